The number of hydrogen-bond donors (Lipinski definition) is 2. The number of hydrogen-bond acceptors (Lipinski definition) is 5. The molecular formula is C12H15F2N3O3. The van der Waals surface area contributed by atoms with E-state index in [-0.39, 0.29) is 23.0 Å². The molecule has 0 bridgehead atoms. The Kier molecular flexibility index (Phi) is 4.80. The van der Waals surface area contributed by atoms with Gasteiger partial charge >= 0.3 is 0 Å². The van der Waals surface area contributed by atoms with Gasteiger partial charge in [0.15, 0.2) is 0 Å². The van der Waals surface area contributed by atoms with Gasteiger partial charge in [0.1, 0.15) is 0 Å². The second-order valence-corrected chi connectivity index (χ2v) is 4.44. The lowest BCUT2D eigenvalue weighted by atomic mass is 10.1. The number of halogens is 2. The van der Waals surface area contributed by atoms with Gasteiger partial charge in [0.25, 0.3) is 12.1 Å². The smallest absolute Gasteiger partial charge is 0.270 e. The first-order chi connectivity index (χ1) is 9.58. The predicted molar refractivity (Wildman–Crippen MR) is 69.2 cm³/mol. The lowest BCUT2D eigenvalue weighted by Crippen LogP contribution is -2.45. The van der Waals surface area contributed by atoms with E-state index in [1.54, 1.807) is 0 Å². The zero-order valence-electron chi connectivity index (χ0n) is 10.6. The highest BCUT2D eigenvalue weighted by Crippen LogP contribution is 2.30. The SMILES string of the molecule is O=[N+]([O-])c1ccc(NCC2COCCN2)c(C(F)F)c1. The summed E-state index contributed by atoms with van der Waals surface area (Å²) in [5.74, 6) is 0. The van der Waals surface area contributed by atoms with Gasteiger partial charge in [-0.3, -0.25) is 10.1 Å². The van der Waals surface area contributed by atoms with Crippen molar-refractivity contribution in [3.8, 4) is 0 Å². The maximum Gasteiger partial charge on any atom is 0.270 e. The minimum atomic E-state index is -2.77. The highest BCUT2D eigenvalue weighted by molar-refractivity contribution is 5.56. The first kappa shape index (κ1) is 14.6. The van der Waals surface area contributed by atoms with Gasteiger partial charge in [0.2, 0.25) is 0 Å². The Hall–Kier alpha value is -1.80. The van der Waals surface area contributed by atoms with Crippen molar-refractivity contribution in [2.24, 2.45) is 0 Å². The Labute approximate surface area is 114 Å². The zero-order valence-corrected chi connectivity index (χ0v) is 10.6. The lowest BCUT2D eigenvalue weighted by Gasteiger charge is -2.24. The fourth-order valence-electron chi connectivity index (χ4n) is 1.99. The van der Waals surface area contributed by atoms with Gasteiger partial charge in [-0.1, -0.05) is 0 Å². The van der Waals surface area contributed by atoms with E-state index in [9.17, 15) is 18.9 Å². The molecule has 1 aliphatic heterocycles. The maximum atomic E-state index is 12.9. The molecule has 0 spiro atoms. The Morgan fingerprint density at radius 1 is 1.55 bits per heavy atom. The molecule has 20 heavy (non-hydrogen) atoms. The molecule has 1 heterocycles. The molecule has 1 unspecified atom stereocenters. The van der Waals surface area contributed by atoms with Crippen LogP contribution in [0.4, 0.5) is 20.2 Å². The van der Waals surface area contributed by atoms with E-state index in [0.29, 0.717) is 26.3 Å². The van der Waals surface area contributed by atoms with Crippen molar-refractivity contribution >= 4 is 11.4 Å². The van der Waals surface area contributed by atoms with Crippen LogP contribution < -0.4 is 10.6 Å². The van der Waals surface area contributed by atoms with Gasteiger partial charge in [-0.2, -0.15) is 0 Å². The van der Waals surface area contributed by atoms with Gasteiger partial charge in [0, 0.05) is 42.5 Å². The molecule has 1 saturated heterocycles. The van der Waals surface area contributed by atoms with Crippen molar-refractivity contribution in [2.45, 2.75) is 12.5 Å². The van der Waals surface area contributed by atoms with Gasteiger partial charge in [-0.15, -0.1) is 0 Å². The van der Waals surface area contributed by atoms with Gasteiger partial charge in [0.05, 0.1) is 18.1 Å². The summed E-state index contributed by atoms with van der Waals surface area (Å²) in [5.41, 5.74) is -0.501. The Morgan fingerprint density at radius 3 is 2.95 bits per heavy atom. The van der Waals surface area contributed by atoms with Gasteiger partial charge in [-0.25, -0.2) is 8.78 Å². The molecule has 8 heteroatoms. The molecule has 0 amide bonds. The molecule has 1 aromatic carbocycles. The fraction of sp³-hybridized carbons (Fsp3) is 0.500. The third kappa shape index (κ3) is 3.61. The average molecular weight is 287 g/mol. The molecule has 6 nitrogen and oxygen atoms in total. The van der Waals surface area contributed by atoms with E-state index < -0.39 is 11.3 Å². The number of non-ortho nitro benzene ring substituents is 1. The molecule has 0 radical (unpaired) electrons. The topological polar surface area (TPSA) is 76.4 Å². The molecule has 0 aromatic heterocycles. The number of nitro benzene ring substituents is 1. The summed E-state index contributed by atoms with van der Waals surface area (Å²) in [4.78, 5) is 9.92. The number of nitrogens with one attached hydrogen (secondary N) is 2. The molecule has 1 aliphatic rings. The molecule has 1 fully saturated rings. The summed E-state index contributed by atoms with van der Waals surface area (Å²) >= 11 is 0. The quantitative estimate of drug-likeness (QED) is 0.639. The van der Waals surface area contributed by atoms with Crippen LogP contribution in [-0.2, 0) is 4.74 Å². The number of benzene rings is 1. The summed E-state index contributed by atoms with van der Waals surface area (Å²) in [5, 5.41) is 16.7. The van der Waals surface area contributed by atoms with Crippen molar-refractivity contribution in [3.63, 3.8) is 0 Å². The highest BCUT2D eigenvalue weighted by Gasteiger charge is 2.19. The number of rotatable bonds is 5. The first-order valence-corrected chi connectivity index (χ1v) is 6.19. The summed E-state index contributed by atoms with van der Waals surface area (Å²) in [7, 11) is 0. The number of ether oxygens (including phenoxy) is 1. The third-order valence-electron chi connectivity index (χ3n) is 3.02. The third-order valence-corrected chi connectivity index (χ3v) is 3.02. The summed E-state index contributed by atoms with van der Waals surface area (Å²) < 4.78 is 31.1. The van der Waals surface area contributed by atoms with Crippen LogP contribution in [0.3, 0.4) is 0 Å². The van der Waals surface area contributed by atoms with E-state index >= 15 is 0 Å². The second-order valence-electron chi connectivity index (χ2n) is 4.44. The van der Waals surface area contributed by atoms with Crippen LogP contribution in [0, 0.1) is 10.1 Å². The Bertz CT molecular complexity index is 479. The van der Waals surface area contributed by atoms with Gasteiger partial charge < -0.3 is 15.4 Å². The van der Waals surface area contributed by atoms with Crippen LogP contribution in [-0.4, -0.2) is 37.3 Å². The van der Waals surface area contributed by atoms with E-state index in [0.717, 1.165) is 6.07 Å². The van der Waals surface area contributed by atoms with Crippen molar-refractivity contribution in [1.29, 1.82) is 0 Å². The van der Waals surface area contributed by atoms with Crippen LogP contribution in [0.1, 0.15) is 12.0 Å². The molecule has 110 valence electrons. The fourth-order valence-corrected chi connectivity index (χ4v) is 1.99. The Morgan fingerprint density at radius 2 is 2.35 bits per heavy atom. The maximum absolute atomic E-state index is 12.9. The van der Waals surface area contributed by atoms with Gasteiger partial charge in [-0.05, 0) is 6.07 Å². The van der Waals surface area contributed by atoms with Crippen LogP contribution in [0.2, 0.25) is 0 Å². The van der Waals surface area contributed by atoms with E-state index in [1.807, 2.05) is 0 Å². The van der Waals surface area contributed by atoms with E-state index in [4.69, 9.17) is 4.74 Å². The molecule has 1 atom stereocenters. The molecule has 0 aliphatic carbocycles. The standard InChI is InChI=1S/C12H15F2N3O3/c13-12(14)10-5-9(17(18)19)1-2-11(10)16-6-8-7-20-4-3-15-8/h1-2,5,8,12,15-16H,3-4,6-7H2. The van der Waals surface area contributed by atoms with Crippen LogP contribution in [0.25, 0.3) is 0 Å². The van der Waals surface area contributed by atoms with Crippen molar-refractivity contribution in [3.05, 3.63) is 33.9 Å². The van der Waals surface area contributed by atoms with E-state index in [1.165, 1.54) is 12.1 Å². The minimum Gasteiger partial charge on any atom is -0.383 e. The number of nitrogens with zero attached hydrogens (tertiary/aromatic N) is 1. The zero-order chi connectivity index (χ0) is 14.5. The Balaban J connectivity index is 2.07. The molecule has 0 saturated carbocycles. The summed E-state index contributed by atoms with van der Waals surface area (Å²) in [6.45, 7) is 2.27. The summed E-state index contributed by atoms with van der Waals surface area (Å²) in [6.07, 6.45) is -2.77. The number of morpholine rings is 1. The van der Waals surface area contributed by atoms with E-state index in [2.05, 4.69) is 10.6 Å². The second kappa shape index (κ2) is 6.58. The lowest BCUT2D eigenvalue weighted by molar-refractivity contribution is -0.385. The van der Waals surface area contributed by atoms with Crippen molar-refractivity contribution in [1.82, 2.24) is 5.32 Å². The minimum absolute atomic E-state index is 0.0319. The molecule has 2 N–H and O–H groups in total. The van der Waals surface area contributed by atoms with Crippen LogP contribution in [0.15, 0.2) is 18.2 Å². The van der Waals surface area contributed by atoms with Crippen LogP contribution >= 0.6 is 0 Å². The molecular weight excluding hydrogens is 272 g/mol. The van der Waals surface area contributed by atoms with Crippen molar-refractivity contribution < 1.29 is 18.4 Å². The molecule has 2 rings (SSSR count). The predicted octanol–water partition coefficient (Wildman–Crippen LogP) is 1.93. The number of nitro groups is 1. The first-order valence-electron chi connectivity index (χ1n) is 6.19. The highest BCUT2D eigenvalue weighted by atomic mass is 19.3. The number of alkyl halides is 2. The van der Waals surface area contributed by atoms with Crippen LogP contribution in [0.5, 0.6) is 0 Å². The normalized spacial score (nSPS) is 19.1. The average Bonchev–Trinajstić information content (AvgIpc) is 2.45. The number of anilines is 1. The summed E-state index contributed by atoms with van der Waals surface area (Å²) in [6, 6.07) is 3.45. The monoisotopic (exact) mass is 287 g/mol. The molecule has 1 aromatic rings. The van der Waals surface area contributed by atoms with Crippen molar-refractivity contribution in [2.75, 3.05) is 31.6 Å². The largest absolute Gasteiger partial charge is 0.383 e.